The third-order valence-corrected chi connectivity index (χ3v) is 6.20. The van der Waals surface area contributed by atoms with E-state index >= 15 is 0 Å². The number of nitrogens with zero attached hydrogens (tertiary/aromatic N) is 2. The van der Waals surface area contributed by atoms with Gasteiger partial charge in [-0.15, -0.1) is 0 Å². The number of carbonyl (C=O) groups excluding carboxylic acids is 1. The van der Waals surface area contributed by atoms with Crippen LogP contribution in [0.4, 0.5) is 0 Å². The fourth-order valence-electron chi connectivity index (χ4n) is 3.85. The quantitative estimate of drug-likeness (QED) is 0.503. The molecule has 1 aliphatic rings. The first kappa shape index (κ1) is 21.5. The van der Waals surface area contributed by atoms with Crippen molar-refractivity contribution >= 4 is 16.9 Å². The van der Waals surface area contributed by atoms with Crippen LogP contribution in [0.3, 0.4) is 0 Å². The summed E-state index contributed by atoms with van der Waals surface area (Å²) in [5, 5.41) is 0. The molecule has 2 aromatic carbocycles. The van der Waals surface area contributed by atoms with Crippen molar-refractivity contribution < 1.29 is 17.9 Å². The van der Waals surface area contributed by atoms with Crippen molar-refractivity contribution in [3.63, 3.8) is 0 Å². The monoisotopic (exact) mass is 416 g/mol. The molecule has 0 spiro atoms. The van der Waals surface area contributed by atoms with Crippen molar-refractivity contribution in [2.45, 2.75) is 31.8 Å². The van der Waals surface area contributed by atoms with Crippen LogP contribution < -0.4 is 0 Å². The van der Waals surface area contributed by atoms with Gasteiger partial charge in [0.25, 0.3) is 0 Å². The molecule has 0 radical (unpaired) electrons. The van der Waals surface area contributed by atoms with E-state index in [0.29, 0.717) is 18.7 Å². The Morgan fingerprint density at radius 1 is 1.07 bits per heavy atom. The lowest BCUT2D eigenvalue weighted by Crippen LogP contribution is -2.30. The molecule has 0 aliphatic carbocycles. The predicted octanol–water partition coefficient (Wildman–Crippen LogP) is 3.03. The average molecular weight is 417 g/mol. The van der Waals surface area contributed by atoms with Gasteiger partial charge in [-0.2, -0.15) is 4.31 Å². The zero-order valence-electron chi connectivity index (χ0n) is 16.7. The summed E-state index contributed by atoms with van der Waals surface area (Å²) in [6.45, 7) is 2.85. The van der Waals surface area contributed by atoms with Gasteiger partial charge < -0.3 is 4.74 Å². The molecular weight excluding hydrogens is 388 g/mol. The number of hydrogen-bond donors (Lipinski definition) is 1. The van der Waals surface area contributed by atoms with Gasteiger partial charge in [-0.3, -0.25) is 4.90 Å². The standard InChI is InChI=1S/C22H28N2O4S/c1-28-22(25)20-11-9-18(10-12-20)17-24(29(26)27)16-13-21(23-14-5-6-15-23)19-7-3-2-4-8-19/h2-4,7-12,21,29H,5-6,13-17H2,1H3. The summed E-state index contributed by atoms with van der Waals surface area (Å²) in [4.78, 5) is 14.0. The first-order valence-electron chi connectivity index (χ1n) is 9.94. The van der Waals surface area contributed by atoms with Gasteiger partial charge in [0.15, 0.2) is 0 Å². The second-order valence-corrected chi connectivity index (χ2v) is 8.31. The highest BCUT2D eigenvalue weighted by Gasteiger charge is 2.24. The molecule has 1 heterocycles. The van der Waals surface area contributed by atoms with Crippen LogP contribution >= 0.6 is 0 Å². The summed E-state index contributed by atoms with van der Waals surface area (Å²) in [5.41, 5.74) is 2.53. The SMILES string of the molecule is COC(=O)c1ccc(CN(CCC(c2ccccc2)N2CCCC2)[SH](=O)=O)cc1. The molecule has 2 aromatic rings. The van der Waals surface area contributed by atoms with Gasteiger partial charge in [-0.05, 0) is 55.6 Å². The lowest BCUT2D eigenvalue weighted by molar-refractivity contribution is 0.0600. The molecule has 0 bridgehead atoms. The molecule has 0 saturated carbocycles. The van der Waals surface area contributed by atoms with Crippen molar-refractivity contribution in [2.75, 3.05) is 26.7 Å². The van der Waals surface area contributed by atoms with E-state index in [9.17, 15) is 13.2 Å². The molecule has 29 heavy (non-hydrogen) atoms. The van der Waals surface area contributed by atoms with Crippen LogP contribution in [0.2, 0.25) is 0 Å². The maximum absolute atomic E-state index is 11.9. The maximum atomic E-state index is 11.9. The number of carbonyl (C=O) groups is 1. The zero-order chi connectivity index (χ0) is 20.6. The number of esters is 1. The minimum atomic E-state index is -2.70. The Labute approximate surface area is 174 Å². The van der Waals surface area contributed by atoms with E-state index in [1.165, 1.54) is 29.8 Å². The lowest BCUT2D eigenvalue weighted by atomic mass is 10.0. The average Bonchev–Trinajstić information content (AvgIpc) is 3.28. The minimum Gasteiger partial charge on any atom is -0.465 e. The third-order valence-electron chi connectivity index (χ3n) is 5.40. The zero-order valence-corrected chi connectivity index (χ0v) is 17.6. The van der Waals surface area contributed by atoms with Crippen LogP contribution in [0, 0.1) is 0 Å². The van der Waals surface area contributed by atoms with Gasteiger partial charge in [0.2, 0.25) is 10.9 Å². The normalized spacial score (nSPS) is 15.7. The molecule has 7 heteroatoms. The number of benzene rings is 2. The van der Waals surface area contributed by atoms with Gasteiger partial charge in [0.1, 0.15) is 0 Å². The smallest absolute Gasteiger partial charge is 0.337 e. The van der Waals surface area contributed by atoms with Crippen molar-refractivity contribution in [1.29, 1.82) is 0 Å². The molecule has 0 amide bonds. The van der Waals surface area contributed by atoms with Crippen LogP contribution in [0.25, 0.3) is 0 Å². The van der Waals surface area contributed by atoms with Crippen molar-refractivity contribution in [3.8, 4) is 0 Å². The van der Waals surface area contributed by atoms with Gasteiger partial charge in [-0.1, -0.05) is 42.5 Å². The Balaban J connectivity index is 1.68. The number of methoxy groups -OCH3 is 1. The van der Waals surface area contributed by atoms with Gasteiger partial charge in [0.05, 0.1) is 12.7 Å². The molecule has 6 nitrogen and oxygen atoms in total. The molecule has 1 aliphatic heterocycles. The summed E-state index contributed by atoms with van der Waals surface area (Å²) < 4.78 is 29.9. The summed E-state index contributed by atoms with van der Waals surface area (Å²) >= 11 is 0. The summed E-state index contributed by atoms with van der Waals surface area (Å²) in [6.07, 6.45) is 3.12. The van der Waals surface area contributed by atoms with Crippen molar-refractivity contribution in [3.05, 3.63) is 71.3 Å². The van der Waals surface area contributed by atoms with Crippen LogP contribution in [-0.2, 0) is 22.2 Å². The van der Waals surface area contributed by atoms with E-state index in [2.05, 4.69) is 17.0 Å². The van der Waals surface area contributed by atoms with Gasteiger partial charge >= 0.3 is 5.97 Å². The summed E-state index contributed by atoms with van der Waals surface area (Å²) in [6, 6.07) is 17.4. The molecule has 1 fully saturated rings. The first-order chi connectivity index (χ1) is 14.1. The second kappa shape index (κ2) is 10.5. The predicted molar refractivity (Wildman–Crippen MR) is 113 cm³/mol. The van der Waals surface area contributed by atoms with E-state index in [0.717, 1.165) is 25.1 Å². The second-order valence-electron chi connectivity index (χ2n) is 7.27. The van der Waals surface area contributed by atoms with Crippen LogP contribution in [-0.4, -0.2) is 50.3 Å². The van der Waals surface area contributed by atoms with Crippen molar-refractivity contribution in [1.82, 2.24) is 9.21 Å². The third kappa shape index (κ3) is 5.88. The number of likely N-dealkylation sites (tertiary alicyclic amines) is 1. The fraction of sp³-hybridized carbons (Fsp3) is 0.409. The van der Waals surface area contributed by atoms with Crippen molar-refractivity contribution in [2.24, 2.45) is 0 Å². The topological polar surface area (TPSA) is 66.9 Å². The number of rotatable bonds is 9. The molecule has 1 saturated heterocycles. The van der Waals surface area contributed by atoms with E-state index < -0.39 is 16.9 Å². The highest BCUT2D eigenvalue weighted by atomic mass is 32.2. The number of hydrogen-bond acceptors (Lipinski definition) is 5. The lowest BCUT2D eigenvalue weighted by Gasteiger charge is -2.29. The van der Waals surface area contributed by atoms with Gasteiger partial charge in [0, 0.05) is 19.1 Å². The Hall–Kier alpha value is -2.22. The summed E-state index contributed by atoms with van der Waals surface area (Å²) in [5.74, 6) is -0.403. The molecule has 0 aromatic heterocycles. The van der Waals surface area contributed by atoms with Gasteiger partial charge in [-0.25, -0.2) is 13.2 Å². The maximum Gasteiger partial charge on any atom is 0.337 e. The van der Waals surface area contributed by atoms with Crippen LogP contribution in [0.5, 0.6) is 0 Å². The summed E-state index contributed by atoms with van der Waals surface area (Å²) in [7, 11) is -1.36. The Bertz CT molecular complexity index is 854. The Morgan fingerprint density at radius 3 is 2.31 bits per heavy atom. The van der Waals surface area contributed by atoms with Crippen LogP contribution in [0.15, 0.2) is 54.6 Å². The highest BCUT2D eigenvalue weighted by Crippen LogP contribution is 2.28. The molecular formula is C22H28N2O4S. The Morgan fingerprint density at radius 2 is 1.72 bits per heavy atom. The van der Waals surface area contributed by atoms with E-state index in [-0.39, 0.29) is 6.04 Å². The number of ether oxygens (including phenoxy) is 1. The van der Waals surface area contributed by atoms with Crippen LogP contribution in [0.1, 0.15) is 46.8 Å². The van der Waals surface area contributed by atoms with E-state index in [4.69, 9.17) is 4.74 Å². The molecule has 1 atom stereocenters. The van der Waals surface area contributed by atoms with E-state index in [1.807, 2.05) is 18.2 Å². The number of thiol groups is 1. The highest BCUT2D eigenvalue weighted by molar-refractivity contribution is 7.69. The molecule has 1 unspecified atom stereocenters. The molecule has 3 rings (SSSR count). The first-order valence-corrected chi connectivity index (χ1v) is 11.1. The Kier molecular flexibility index (Phi) is 7.80. The molecule has 156 valence electrons. The van der Waals surface area contributed by atoms with E-state index in [1.54, 1.807) is 24.3 Å². The minimum absolute atomic E-state index is 0.220. The fourth-order valence-corrected chi connectivity index (χ4v) is 4.41. The largest absolute Gasteiger partial charge is 0.465 e. The molecule has 0 N–H and O–H groups in total.